The van der Waals surface area contributed by atoms with Gasteiger partial charge in [-0.2, -0.15) is 0 Å². The van der Waals surface area contributed by atoms with E-state index in [9.17, 15) is 4.39 Å². The fourth-order valence-corrected chi connectivity index (χ4v) is 1.90. The summed E-state index contributed by atoms with van der Waals surface area (Å²) in [5.74, 6) is 0.703. The molecule has 4 nitrogen and oxygen atoms in total. The number of hydrogen-bond donors (Lipinski definition) is 3. The first-order valence-corrected chi connectivity index (χ1v) is 7.44. The van der Waals surface area contributed by atoms with Crippen molar-refractivity contribution in [3.63, 3.8) is 0 Å². The van der Waals surface area contributed by atoms with E-state index in [-0.39, 0.29) is 42.3 Å². The highest BCUT2D eigenvalue weighted by Crippen LogP contribution is 2.10. The first-order valence-electron chi connectivity index (χ1n) is 7.44. The second-order valence-corrected chi connectivity index (χ2v) is 5.25. The van der Waals surface area contributed by atoms with Crippen LogP contribution >= 0.6 is 24.0 Å². The smallest absolute Gasteiger partial charge is 0.191 e. The maximum Gasteiger partial charge on any atom is 0.191 e. The largest absolute Gasteiger partial charge is 0.396 e. The molecule has 0 saturated heterocycles. The Bertz CT molecular complexity index is 469. The lowest BCUT2D eigenvalue weighted by Crippen LogP contribution is -2.38. The number of guanidine groups is 1. The van der Waals surface area contributed by atoms with E-state index in [2.05, 4.69) is 15.6 Å². The van der Waals surface area contributed by atoms with Gasteiger partial charge >= 0.3 is 0 Å². The van der Waals surface area contributed by atoms with Crippen LogP contribution in [0.1, 0.15) is 25.0 Å². The van der Waals surface area contributed by atoms with E-state index in [0.29, 0.717) is 6.54 Å². The van der Waals surface area contributed by atoms with Gasteiger partial charge in [0.1, 0.15) is 5.82 Å². The number of hydrogen-bond acceptors (Lipinski definition) is 2. The average molecular weight is 423 g/mol. The molecule has 3 N–H and O–H groups in total. The van der Waals surface area contributed by atoms with Crippen molar-refractivity contribution in [2.24, 2.45) is 10.9 Å². The van der Waals surface area contributed by atoms with Crippen molar-refractivity contribution in [2.45, 2.75) is 27.2 Å². The fraction of sp³-hybridized carbons (Fsp3) is 0.562. The predicted octanol–water partition coefficient (Wildman–Crippen LogP) is 2.48. The minimum atomic E-state index is -0.197. The molecular formula is C16H27FIN3O. The van der Waals surface area contributed by atoms with Gasteiger partial charge in [-0.25, -0.2) is 4.39 Å². The molecule has 1 unspecified atom stereocenters. The van der Waals surface area contributed by atoms with Crippen molar-refractivity contribution >= 4 is 29.9 Å². The number of halogens is 2. The van der Waals surface area contributed by atoms with Crippen LogP contribution in [0.25, 0.3) is 0 Å². The molecule has 0 aliphatic heterocycles. The van der Waals surface area contributed by atoms with Crippen LogP contribution in [0, 0.1) is 18.7 Å². The van der Waals surface area contributed by atoms with Crippen LogP contribution in [0.4, 0.5) is 4.39 Å². The number of aliphatic imine (C=N–C) groups is 1. The normalized spacial score (nSPS) is 12.5. The molecule has 0 aliphatic rings. The minimum Gasteiger partial charge on any atom is -0.396 e. The van der Waals surface area contributed by atoms with Crippen molar-refractivity contribution in [2.75, 3.05) is 26.2 Å². The van der Waals surface area contributed by atoms with Gasteiger partial charge in [-0.05, 0) is 49.4 Å². The topological polar surface area (TPSA) is 56.7 Å². The lowest BCUT2D eigenvalue weighted by atomic mass is 10.1. The van der Waals surface area contributed by atoms with E-state index < -0.39 is 0 Å². The number of benzene rings is 1. The Labute approximate surface area is 149 Å². The van der Waals surface area contributed by atoms with E-state index in [0.717, 1.165) is 36.6 Å². The van der Waals surface area contributed by atoms with Crippen molar-refractivity contribution in [1.29, 1.82) is 0 Å². The monoisotopic (exact) mass is 423 g/mol. The fourth-order valence-electron chi connectivity index (χ4n) is 1.90. The molecule has 1 rings (SSSR count). The van der Waals surface area contributed by atoms with Gasteiger partial charge in [-0.15, -0.1) is 24.0 Å². The molecule has 0 saturated carbocycles. The van der Waals surface area contributed by atoms with Gasteiger partial charge in [0.05, 0.1) is 0 Å². The Kier molecular flexibility index (Phi) is 11.2. The summed E-state index contributed by atoms with van der Waals surface area (Å²) in [5.41, 5.74) is 2.09. The third kappa shape index (κ3) is 7.93. The highest BCUT2D eigenvalue weighted by molar-refractivity contribution is 14.0. The molecule has 0 aliphatic carbocycles. The number of nitrogens with zero attached hydrogens (tertiary/aromatic N) is 1. The summed E-state index contributed by atoms with van der Waals surface area (Å²) in [6.45, 7) is 8.12. The standard InChI is InChI=1S/C16H26FN3O.HI/c1-4-18-16(20-10-12(2)11-21)19-8-7-14-5-6-15(17)9-13(14)3;/h5-6,9,12,21H,4,7-8,10-11H2,1-3H3,(H2,18,19,20);1H. The quantitative estimate of drug-likeness (QED) is 0.359. The number of aryl methyl sites for hydroxylation is 1. The Morgan fingerprint density at radius 2 is 2.09 bits per heavy atom. The third-order valence-corrected chi connectivity index (χ3v) is 3.21. The summed E-state index contributed by atoms with van der Waals surface area (Å²) < 4.78 is 13.0. The van der Waals surface area contributed by atoms with Crippen molar-refractivity contribution in [3.05, 3.63) is 35.1 Å². The Morgan fingerprint density at radius 3 is 2.68 bits per heavy atom. The van der Waals surface area contributed by atoms with Crippen LogP contribution in [0.2, 0.25) is 0 Å². The lowest BCUT2D eigenvalue weighted by Gasteiger charge is -2.13. The van der Waals surface area contributed by atoms with Gasteiger partial charge in [0, 0.05) is 26.2 Å². The van der Waals surface area contributed by atoms with E-state index >= 15 is 0 Å². The van der Waals surface area contributed by atoms with E-state index in [1.165, 1.54) is 6.07 Å². The molecule has 6 heteroatoms. The molecule has 0 amide bonds. The van der Waals surface area contributed by atoms with Crippen LogP contribution in [-0.2, 0) is 6.42 Å². The zero-order chi connectivity index (χ0) is 15.7. The van der Waals surface area contributed by atoms with E-state index in [4.69, 9.17) is 5.11 Å². The maximum absolute atomic E-state index is 13.0. The molecule has 22 heavy (non-hydrogen) atoms. The molecule has 0 spiro atoms. The van der Waals surface area contributed by atoms with Gasteiger partial charge < -0.3 is 15.7 Å². The first kappa shape index (κ1) is 21.1. The van der Waals surface area contributed by atoms with Gasteiger partial charge in [0.2, 0.25) is 0 Å². The summed E-state index contributed by atoms with van der Waals surface area (Å²) in [6, 6.07) is 4.87. The first-order chi connectivity index (χ1) is 10.1. The summed E-state index contributed by atoms with van der Waals surface area (Å²) in [6.07, 6.45) is 0.812. The SMILES string of the molecule is CCNC(=NCC(C)CO)NCCc1ccc(F)cc1C.I. The molecule has 126 valence electrons. The number of aliphatic hydroxyl groups is 1. The zero-order valence-corrected chi connectivity index (χ0v) is 15.9. The van der Waals surface area contributed by atoms with Gasteiger partial charge in [-0.1, -0.05) is 13.0 Å². The highest BCUT2D eigenvalue weighted by atomic mass is 127. The predicted molar refractivity (Wildman–Crippen MR) is 100 cm³/mol. The molecular weight excluding hydrogens is 396 g/mol. The maximum atomic E-state index is 13.0. The number of nitrogens with one attached hydrogen (secondary N) is 2. The van der Waals surface area contributed by atoms with Gasteiger partial charge in [-0.3, -0.25) is 4.99 Å². The van der Waals surface area contributed by atoms with E-state index in [1.807, 2.05) is 26.8 Å². The summed E-state index contributed by atoms with van der Waals surface area (Å²) in [7, 11) is 0. The zero-order valence-electron chi connectivity index (χ0n) is 13.5. The number of rotatable bonds is 7. The van der Waals surface area contributed by atoms with Crippen LogP contribution in [0.5, 0.6) is 0 Å². The number of aliphatic hydroxyl groups excluding tert-OH is 1. The van der Waals surface area contributed by atoms with Crippen LogP contribution in [0.15, 0.2) is 23.2 Å². The van der Waals surface area contributed by atoms with Crippen LogP contribution < -0.4 is 10.6 Å². The summed E-state index contributed by atoms with van der Waals surface area (Å²) in [5, 5.41) is 15.4. The van der Waals surface area contributed by atoms with Gasteiger partial charge in [0.25, 0.3) is 0 Å². The van der Waals surface area contributed by atoms with Gasteiger partial charge in [0.15, 0.2) is 5.96 Å². The average Bonchev–Trinajstić information content (AvgIpc) is 2.46. The van der Waals surface area contributed by atoms with E-state index in [1.54, 1.807) is 6.07 Å². The Balaban J connectivity index is 0.00000441. The second kappa shape index (κ2) is 11.6. The van der Waals surface area contributed by atoms with Crippen molar-refractivity contribution in [1.82, 2.24) is 10.6 Å². The molecule has 0 fully saturated rings. The third-order valence-electron chi connectivity index (χ3n) is 3.21. The second-order valence-electron chi connectivity index (χ2n) is 5.25. The molecule has 0 heterocycles. The van der Waals surface area contributed by atoms with Crippen molar-refractivity contribution in [3.8, 4) is 0 Å². The molecule has 1 aromatic carbocycles. The Morgan fingerprint density at radius 1 is 1.36 bits per heavy atom. The highest BCUT2D eigenvalue weighted by Gasteiger charge is 2.03. The molecule has 0 aromatic heterocycles. The molecule has 0 radical (unpaired) electrons. The van der Waals surface area contributed by atoms with Crippen molar-refractivity contribution < 1.29 is 9.50 Å². The van der Waals surface area contributed by atoms with Crippen LogP contribution in [-0.4, -0.2) is 37.3 Å². The molecule has 1 atom stereocenters. The summed E-state index contributed by atoms with van der Waals surface area (Å²) in [4.78, 5) is 4.43. The molecule has 0 bridgehead atoms. The van der Waals surface area contributed by atoms with Crippen LogP contribution in [0.3, 0.4) is 0 Å². The molecule has 1 aromatic rings. The summed E-state index contributed by atoms with van der Waals surface area (Å²) >= 11 is 0. The lowest BCUT2D eigenvalue weighted by molar-refractivity contribution is 0.241. The Hall–Kier alpha value is -0.890. The minimum absolute atomic E-state index is 0.